The molecular weight excluding hydrogens is 248 g/mol. The van der Waals surface area contributed by atoms with E-state index < -0.39 is 0 Å². The third kappa shape index (κ3) is 7.28. The Morgan fingerprint density at radius 2 is 2.00 bits per heavy atom. The van der Waals surface area contributed by atoms with Gasteiger partial charge in [0.05, 0.1) is 0 Å². The Hall–Kier alpha value is -0.570. The lowest BCUT2D eigenvalue weighted by atomic mass is 9.94. The van der Waals surface area contributed by atoms with Crippen molar-refractivity contribution in [1.82, 2.24) is 5.32 Å². The first-order valence-electron chi connectivity index (χ1n) is 8.65. The first-order chi connectivity index (χ1) is 9.65. The lowest BCUT2D eigenvalue weighted by Gasteiger charge is -2.18. The number of carbonyl (C=O) groups is 1. The minimum absolute atomic E-state index is 0.252. The molecule has 1 amide bonds. The zero-order valence-electron chi connectivity index (χ0n) is 13.5. The summed E-state index contributed by atoms with van der Waals surface area (Å²) in [5.74, 6) is 1.71. The van der Waals surface area contributed by atoms with E-state index in [-0.39, 0.29) is 5.91 Å². The van der Waals surface area contributed by atoms with Crippen LogP contribution in [0.5, 0.6) is 0 Å². The topological polar surface area (TPSA) is 55.1 Å². The molecule has 3 N–H and O–H groups in total. The molecule has 1 rings (SSSR count). The average Bonchev–Trinajstić information content (AvgIpc) is 2.62. The van der Waals surface area contributed by atoms with Gasteiger partial charge in [0.25, 0.3) is 0 Å². The van der Waals surface area contributed by atoms with Crippen molar-refractivity contribution in [1.29, 1.82) is 0 Å². The molecule has 20 heavy (non-hydrogen) atoms. The fourth-order valence-electron chi connectivity index (χ4n) is 3.34. The molecule has 0 aromatic rings. The van der Waals surface area contributed by atoms with Crippen molar-refractivity contribution in [3.63, 3.8) is 0 Å². The van der Waals surface area contributed by atoms with Crippen LogP contribution < -0.4 is 11.1 Å². The molecule has 0 bridgehead atoms. The van der Waals surface area contributed by atoms with Gasteiger partial charge in [0.2, 0.25) is 5.91 Å². The van der Waals surface area contributed by atoms with Crippen LogP contribution in [0.2, 0.25) is 0 Å². The summed E-state index contributed by atoms with van der Waals surface area (Å²) in [5.41, 5.74) is 5.65. The third-order valence-electron chi connectivity index (χ3n) is 4.67. The molecule has 118 valence electrons. The van der Waals surface area contributed by atoms with Crippen molar-refractivity contribution < 1.29 is 4.79 Å². The zero-order chi connectivity index (χ0) is 14.8. The van der Waals surface area contributed by atoms with E-state index >= 15 is 0 Å². The van der Waals surface area contributed by atoms with Gasteiger partial charge in [0, 0.05) is 12.5 Å². The Bertz CT molecular complexity index is 262. The van der Waals surface area contributed by atoms with Crippen LogP contribution >= 0.6 is 0 Å². The summed E-state index contributed by atoms with van der Waals surface area (Å²) in [5, 5.41) is 3.25. The molecule has 3 unspecified atom stereocenters. The van der Waals surface area contributed by atoms with Crippen molar-refractivity contribution in [3.8, 4) is 0 Å². The SMILES string of the molecule is CCCC(CCN)CCC(=O)NC1CCCC(C)CC1. The van der Waals surface area contributed by atoms with Crippen LogP contribution in [0, 0.1) is 11.8 Å². The van der Waals surface area contributed by atoms with Crippen molar-refractivity contribution in [2.24, 2.45) is 17.6 Å². The number of rotatable bonds is 8. The van der Waals surface area contributed by atoms with Crippen molar-refractivity contribution in [3.05, 3.63) is 0 Å². The van der Waals surface area contributed by atoms with Gasteiger partial charge >= 0.3 is 0 Å². The van der Waals surface area contributed by atoms with E-state index in [0.717, 1.165) is 38.1 Å². The first kappa shape index (κ1) is 17.5. The summed E-state index contributed by atoms with van der Waals surface area (Å²) in [7, 11) is 0. The quantitative estimate of drug-likeness (QED) is 0.668. The van der Waals surface area contributed by atoms with Crippen LogP contribution in [0.3, 0.4) is 0 Å². The molecule has 3 nitrogen and oxygen atoms in total. The van der Waals surface area contributed by atoms with Crippen LogP contribution in [0.25, 0.3) is 0 Å². The van der Waals surface area contributed by atoms with Crippen LogP contribution in [0.1, 0.15) is 78.1 Å². The number of nitrogens with two attached hydrogens (primary N) is 1. The average molecular weight is 282 g/mol. The van der Waals surface area contributed by atoms with Crippen molar-refractivity contribution in [2.75, 3.05) is 6.54 Å². The number of amides is 1. The molecule has 0 aromatic heterocycles. The van der Waals surface area contributed by atoms with Gasteiger partial charge in [-0.15, -0.1) is 0 Å². The van der Waals surface area contributed by atoms with Crippen LogP contribution in [0.15, 0.2) is 0 Å². The van der Waals surface area contributed by atoms with Gasteiger partial charge < -0.3 is 11.1 Å². The molecule has 0 heterocycles. The largest absolute Gasteiger partial charge is 0.353 e. The highest BCUT2D eigenvalue weighted by Crippen LogP contribution is 2.23. The monoisotopic (exact) mass is 282 g/mol. The summed E-state index contributed by atoms with van der Waals surface area (Å²) in [6.07, 6.45) is 11.3. The standard InChI is InChI=1S/C17H34N2O/c1-3-5-15(12-13-18)9-11-17(20)19-16-7-4-6-14(2)8-10-16/h14-16H,3-13,18H2,1-2H3,(H,19,20). The number of hydrogen-bond donors (Lipinski definition) is 2. The van der Waals surface area contributed by atoms with E-state index in [4.69, 9.17) is 5.73 Å². The molecule has 0 aromatic carbocycles. The molecule has 1 fully saturated rings. The summed E-state index contributed by atoms with van der Waals surface area (Å²) in [4.78, 5) is 12.1. The Balaban J connectivity index is 2.24. The lowest BCUT2D eigenvalue weighted by molar-refractivity contribution is -0.122. The second kappa shape index (κ2) is 10.2. The summed E-state index contributed by atoms with van der Waals surface area (Å²) in [6, 6.07) is 0.423. The normalized spacial score (nSPS) is 24.9. The molecule has 0 saturated heterocycles. The van der Waals surface area contributed by atoms with Crippen LogP contribution in [0.4, 0.5) is 0 Å². The number of nitrogens with one attached hydrogen (secondary N) is 1. The molecule has 0 aliphatic heterocycles. The second-order valence-corrected chi connectivity index (χ2v) is 6.65. The smallest absolute Gasteiger partial charge is 0.220 e. The van der Waals surface area contributed by atoms with Gasteiger partial charge in [-0.1, -0.05) is 39.5 Å². The maximum absolute atomic E-state index is 12.1. The minimum Gasteiger partial charge on any atom is -0.353 e. The maximum atomic E-state index is 12.1. The lowest BCUT2D eigenvalue weighted by Crippen LogP contribution is -2.34. The third-order valence-corrected chi connectivity index (χ3v) is 4.67. The second-order valence-electron chi connectivity index (χ2n) is 6.65. The number of hydrogen-bond acceptors (Lipinski definition) is 2. The zero-order valence-corrected chi connectivity index (χ0v) is 13.5. The fraction of sp³-hybridized carbons (Fsp3) is 0.941. The molecule has 1 aliphatic rings. The number of carbonyl (C=O) groups excluding carboxylic acids is 1. The molecule has 3 atom stereocenters. The van der Waals surface area contributed by atoms with E-state index in [0.29, 0.717) is 18.4 Å². The Labute approximate surface area is 125 Å². The van der Waals surface area contributed by atoms with E-state index in [9.17, 15) is 4.79 Å². The predicted octanol–water partition coefficient (Wildman–Crippen LogP) is 3.62. The van der Waals surface area contributed by atoms with E-state index in [1.165, 1.54) is 32.1 Å². The highest BCUT2D eigenvalue weighted by atomic mass is 16.1. The van der Waals surface area contributed by atoms with Crippen LogP contribution in [-0.2, 0) is 4.79 Å². The molecule has 1 saturated carbocycles. The fourth-order valence-corrected chi connectivity index (χ4v) is 3.34. The van der Waals surface area contributed by atoms with Gasteiger partial charge in [-0.25, -0.2) is 0 Å². The van der Waals surface area contributed by atoms with Gasteiger partial charge in [0.1, 0.15) is 0 Å². The Morgan fingerprint density at radius 1 is 1.20 bits per heavy atom. The van der Waals surface area contributed by atoms with Crippen molar-refractivity contribution in [2.45, 2.75) is 84.1 Å². The van der Waals surface area contributed by atoms with Gasteiger partial charge in [-0.3, -0.25) is 4.79 Å². The Kier molecular flexibility index (Phi) is 8.92. The summed E-state index contributed by atoms with van der Waals surface area (Å²) < 4.78 is 0. The van der Waals surface area contributed by atoms with Crippen LogP contribution in [-0.4, -0.2) is 18.5 Å². The molecule has 0 radical (unpaired) electrons. The summed E-state index contributed by atoms with van der Waals surface area (Å²) in [6.45, 7) is 5.27. The molecule has 3 heteroatoms. The Morgan fingerprint density at radius 3 is 2.70 bits per heavy atom. The van der Waals surface area contributed by atoms with E-state index in [1.807, 2.05) is 0 Å². The maximum Gasteiger partial charge on any atom is 0.220 e. The highest BCUT2D eigenvalue weighted by molar-refractivity contribution is 5.76. The first-order valence-corrected chi connectivity index (χ1v) is 8.65. The van der Waals surface area contributed by atoms with Gasteiger partial charge in [0.15, 0.2) is 0 Å². The highest BCUT2D eigenvalue weighted by Gasteiger charge is 2.18. The van der Waals surface area contributed by atoms with Crippen molar-refractivity contribution >= 4 is 5.91 Å². The molecular formula is C17H34N2O. The predicted molar refractivity (Wildman–Crippen MR) is 85.5 cm³/mol. The minimum atomic E-state index is 0.252. The van der Waals surface area contributed by atoms with E-state index in [1.54, 1.807) is 0 Å². The van der Waals surface area contributed by atoms with E-state index in [2.05, 4.69) is 19.2 Å². The van der Waals surface area contributed by atoms with Gasteiger partial charge in [-0.2, -0.15) is 0 Å². The van der Waals surface area contributed by atoms with Gasteiger partial charge in [-0.05, 0) is 50.5 Å². The summed E-state index contributed by atoms with van der Waals surface area (Å²) >= 11 is 0. The molecule has 1 aliphatic carbocycles. The molecule has 0 spiro atoms.